The van der Waals surface area contributed by atoms with Crippen LogP contribution in [0.15, 0.2) is 36.0 Å². The zero-order chi connectivity index (χ0) is 27.1. The molecule has 1 aromatic carbocycles. The zero-order valence-corrected chi connectivity index (χ0v) is 22.5. The second-order valence-electron chi connectivity index (χ2n) is 7.46. The Labute approximate surface area is 222 Å². The molecule has 0 spiro atoms. The number of rotatable bonds is 12. The molecule has 0 unspecified atom stereocenters. The molecule has 37 heavy (non-hydrogen) atoms. The minimum absolute atomic E-state index is 0.0354. The van der Waals surface area contributed by atoms with Gasteiger partial charge in [-0.05, 0) is 37.6 Å². The van der Waals surface area contributed by atoms with Crippen molar-refractivity contribution in [1.29, 1.82) is 0 Å². The van der Waals surface area contributed by atoms with Crippen LogP contribution in [-0.4, -0.2) is 59.1 Å². The summed E-state index contributed by atoms with van der Waals surface area (Å²) in [5, 5.41) is 11.9. The number of nitrogens with two attached hydrogens (primary N) is 1. The lowest BCUT2D eigenvalue weighted by Gasteiger charge is -2.11. The monoisotopic (exact) mass is 545 g/mol. The van der Waals surface area contributed by atoms with Gasteiger partial charge in [0, 0.05) is 12.1 Å². The molecule has 2 aromatic heterocycles. The highest BCUT2D eigenvalue weighted by Crippen LogP contribution is 2.35. The van der Waals surface area contributed by atoms with Crippen molar-refractivity contribution < 1.29 is 28.6 Å². The van der Waals surface area contributed by atoms with Crippen LogP contribution in [-0.2, 0) is 16.1 Å². The van der Waals surface area contributed by atoms with E-state index in [1.807, 2.05) is 10.6 Å². The zero-order valence-electron chi connectivity index (χ0n) is 20.8. The molecule has 2 amide bonds. The fourth-order valence-corrected chi connectivity index (χ4v) is 5.27. The molecule has 0 bridgehead atoms. The third kappa shape index (κ3) is 6.12. The summed E-state index contributed by atoms with van der Waals surface area (Å²) in [6, 6.07) is 5.39. The van der Waals surface area contributed by atoms with Crippen LogP contribution >= 0.6 is 23.1 Å². The molecular formula is C24H27N5O6S2. The smallest absolute Gasteiger partial charge is 0.341 e. The molecule has 0 aliphatic carbocycles. The third-order valence-corrected chi connectivity index (χ3v) is 7.29. The van der Waals surface area contributed by atoms with E-state index in [0.29, 0.717) is 34.6 Å². The SMILES string of the molecule is C=CCn1c(SCC(=O)Nc2sc(C(N)=O)c(C)c2C(=O)OCC)nnc1-c1ccc(OC)c(OC)c1. The Hall–Kier alpha value is -3.84. The molecular weight excluding hydrogens is 518 g/mol. The molecule has 3 N–H and O–H groups in total. The molecule has 11 nitrogen and oxygen atoms in total. The predicted molar refractivity (Wildman–Crippen MR) is 142 cm³/mol. The lowest BCUT2D eigenvalue weighted by Crippen LogP contribution is -2.17. The van der Waals surface area contributed by atoms with Gasteiger partial charge in [-0.25, -0.2) is 4.79 Å². The van der Waals surface area contributed by atoms with E-state index in [2.05, 4.69) is 22.1 Å². The quantitative estimate of drug-likeness (QED) is 0.198. The van der Waals surface area contributed by atoms with Crippen LogP contribution in [0.3, 0.4) is 0 Å². The second kappa shape index (κ2) is 12.4. The Morgan fingerprint density at radius 1 is 1.22 bits per heavy atom. The number of primary amides is 1. The maximum Gasteiger partial charge on any atom is 0.341 e. The van der Waals surface area contributed by atoms with E-state index >= 15 is 0 Å². The number of anilines is 1. The predicted octanol–water partition coefficient (Wildman–Crippen LogP) is 3.52. The summed E-state index contributed by atoms with van der Waals surface area (Å²) in [5.74, 6) is -0.0904. The number of aromatic nitrogens is 3. The van der Waals surface area contributed by atoms with Crippen molar-refractivity contribution in [3.8, 4) is 22.9 Å². The van der Waals surface area contributed by atoms with Gasteiger partial charge in [-0.3, -0.25) is 14.2 Å². The van der Waals surface area contributed by atoms with Gasteiger partial charge >= 0.3 is 5.97 Å². The van der Waals surface area contributed by atoms with Crippen molar-refractivity contribution in [2.45, 2.75) is 25.5 Å². The number of carbonyl (C=O) groups is 3. The van der Waals surface area contributed by atoms with E-state index in [0.717, 1.165) is 28.7 Å². The summed E-state index contributed by atoms with van der Waals surface area (Å²) in [7, 11) is 3.10. The van der Waals surface area contributed by atoms with Crippen LogP contribution in [0.5, 0.6) is 11.5 Å². The number of thiophene rings is 1. The average molecular weight is 546 g/mol. The number of ether oxygens (including phenoxy) is 3. The number of carbonyl (C=O) groups excluding carboxylic acids is 3. The molecule has 0 fully saturated rings. The number of thioether (sulfide) groups is 1. The first kappa shape index (κ1) is 27.7. The molecule has 0 saturated carbocycles. The highest BCUT2D eigenvalue weighted by molar-refractivity contribution is 7.99. The molecule has 13 heteroatoms. The van der Waals surface area contributed by atoms with Gasteiger partial charge in [0.2, 0.25) is 5.91 Å². The number of methoxy groups -OCH3 is 2. The largest absolute Gasteiger partial charge is 0.493 e. The van der Waals surface area contributed by atoms with E-state index in [-0.39, 0.29) is 27.8 Å². The third-order valence-electron chi connectivity index (χ3n) is 5.11. The van der Waals surface area contributed by atoms with Gasteiger partial charge in [0.1, 0.15) is 5.00 Å². The molecule has 0 radical (unpaired) electrons. The highest BCUT2D eigenvalue weighted by Gasteiger charge is 2.26. The van der Waals surface area contributed by atoms with E-state index in [1.165, 1.54) is 0 Å². The first-order chi connectivity index (χ1) is 17.7. The Morgan fingerprint density at radius 2 is 1.95 bits per heavy atom. The van der Waals surface area contributed by atoms with Crippen molar-refractivity contribution in [3.63, 3.8) is 0 Å². The number of nitrogens with zero attached hydrogens (tertiary/aromatic N) is 3. The first-order valence-corrected chi connectivity index (χ1v) is 12.8. The van der Waals surface area contributed by atoms with Crippen molar-refractivity contribution in [3.05, 3.63) is 46.9 Å². The van der Waals surface area contributed by atoms with Gasteiger partial charge in [-0.15, -0.1) is 28.1 Å². The van der Waals surface area contributed by atoms with Crippen LogP contribution in [0.4, 0.5) is 5.00 Å². The van der Waals surface area contributed by atoms with Gasteiger partial charge < -0.3 is 25.3 Å². The summed E-state index contributed by atoms with van der Waals surface area (Å²) in [5.41, 5.74) is 6.65. The van der Waals surface area contributed by atoms with Crippen LogP contribution in [0.2, 0.25) is 0 Å². The van der Waals surface area contributed by atoms with Gasteiger partial charge in [0.05, 0.1) is 37.0 Å². The summed E-state index contributed by atoms with van der Waals surface area (Å²) >= 11 is 2.09. The fourth-order valence-electron chi connectivity index (χ4n) is 3.46. The lowest BCUT2D eigenvalue weighted by atomic mass is 10.1. The molecule has 0 aliphatic rings. The summed E-state index contributed by atoms with van der Waals surface area (Å²) < 4.78 is 17.6. The molecule has 0 atom stereocenters. The standard InChI is InChI=1S/C24H27N5O6S2/c1-6-10-29-21(14-8-9-15(33-4)16(11-14)34-5)27-28-24(29)36-12-17(30)26-22-18(23(32)35-7-2)13(3)19(37-22)20(25)31/h6,8-9,11H,1,7,10,12H2,2-5H3,(H2,25,31)(H,26,30). The molecule has 2 heterocycles. The maximum atomic E-state index is 12.8. The van der Waals surface area contributed by atoms with Crippen molar-refractivity contribution in [2.24, 2.45) is 5.73 Å². The van der Waals surface area contributed by atoms with Crippen molar-refractivity contribution >= 4 is 45.9 Å². The number of esters is 1. The minimum atomic E-state index is -0.692. The average Bonchev–Trinajstić information content (AvgIpc) is 3.43. The van der Waals surface area contributed by atoms with Crippen molar-refractivity contribution in [2.75, 3.05) is 31.9 Å². The number of hydrogen-bond acceptors (Lipinski definition) is 10. The number of hydrogen-bond donors (Lipinski definition) is 2. The maximum absolute atomic E-state index is 12.8. The Balaban J connectivity index is 1.82. The Morgan fingerprint density at radius 3 is 2.57 bits per heavy atom. The molecule has 0 saturated heterocycles. The van der Waals surface area contributed by atoms with E-state index < -0.39 is 17.8 Å². The Kier molecular flexibility index (Phi) is 9.31. The lowest BCUT2D eigenvalue weighted by molar-refractivity contribution is -0.113. The van der Waals surface area contributed by atoms with Gasteiger partial charge in [0.15, 0.2) is 22.5 Å². The molecule has 0 aliphatic heterocycles. The van der Waals surface area contributed by atoms with E-state index in [9.17, 15) is 14.4 Å². The number of nitrogens with one attached hydrogen (secondary N) is 1. The van der Waals surface area contributed by atoms with Gasteiger partial charge in [-0.1, -0.05) is 17.8 Å². The number of allylic oxidation sites excluding steroid dienone is 1. The molecule has 196 valence electrons. The van der Waals surface area contributed by atoms with Crippen LogP contribution < -0.4 is 20.5 Å². The van der Waals surface area contributed by atoms with Crippen LogP contribution in [0, 0.1) is 6.92 Å². The van der Waals surface area contributed by atoms with E-state index in [1.54, 1.807) is 46.3 Å². The number of amides is 2. The second-order valence-corrected chi connectivity index (χ2v) is 9.42. The molecule has 3 rings (SSSR count). The van der Waals surface area contributed by atoms with Crippen molar-refractivity contribution in [1.82, 2.24) is 14.8 Å². The van der Waals surface area contributed by atoms with Gasteiger partial charge in [0.25, 0.3) is 5.91 Å². The van der Waals surface area contributed by atoms with E-state index in [4.69, 9.17) is 19.9 Å². The topological polar surface area (TPSA) is 148 Å². The first-order valence-electron chi connectivity index (χ1n) is 11.0. The van der Waals surface area contributed by atoms with Crippen LogP contribution in [0.1, 0.15) is 32.5 Å². The minimum Gasteiger partial charge on any atom is -0.493 e. The van der Waals surface area contributed by atoms with Gasteiger partial charge in [-0.2, -0.15) is 0 Å². The van der Waals surface area contributed by atoms with Crippen LogP contribution in [0.25, 0.3) is 11.4 Å². The summed E-state index contributed by atoms with van der Waals surface area (Å²) in [6.07, 6.45) is 1.70. The number of benzene rings is 1. The summed E-state index contributed by atoms with van der Waals surface area (Å²) in [4.78, 5) is 37.2. The molecule has 3 aromatic rings. The highest BCUT2D eigenvalue weighted by atomic mass is 32.2. The fraction of sp³-hybridized carbons (Fsp3) is 0.292. The Bertz CT molecular complexity index is 1330. The normalized spacial score (nSPS) is 10.6. The summed E-state index contributed by atoms with van der Waals surface area (Å²) in [6.45, 7) is 7.60.